The lowest BCUT2D eigenvalue weighted by molar-refractivity contribution is 0.0452. The first kappa shape index (κ1) is 16.5. The van der Waals surface area contributed by atoms with Crippen molar-refractivity contribution in [3.8, 4) is 0 Å². The van der Waals surface area contributed by atoms with Crippen molar-refractivity contribution in [2.75, 3.05) is 13.1 Å². The zero-order chi connectivity index (χ0) is 15.6. The number of hydrogen-bond acceptors (Lipinski definition) is 3. The summed E-state index contributed by atoms with van der Waals surface area (Å²) in [6.07, 6.45) is 5.39. The van der Waals surface area contributed by atoms with E-state index in [4.69, 9.17) is 0 Å². The van der Waals surface area contributed by atoms with Crippen molar-refractivity contribution < 1.29 is 0 Å². The van der Waals surface area contributed by atoms with Gasteiger partial charge in [-0.3, -0.25) is 9.58 Å². The molecule has 4 nitrogen and oxygen atoms in total. The first-order chi connectivity index (χ1) is 9.75. The molecule has 0 aliphatic carbocycles. The fourth-order valence-corrected chi connectivity index (χ4v) is 3.43. The van der Waals surface area contributed by atoms with Crippen molar-refractivity contribution in [1.29, 1.82) is 0 Å². The topological polar surface area (TPSA) is 33.1 Å². The molecule has 1 aliphatic rings. The van der Waals surface area contributed by atoms with Gasteiger partial charge in [-0.05, 0) is 17.8 Å². The molecule has 21 heavy (non-hydrogen) atoms. The largest absolute Gasteiger partial charge is 0.311 e. The summed E-state index contributed by atoms with van der Waals surface area (Å²) >= 11 is 0. The van der Waals surface area contributed by atoms with Crippen LogP contribution in [0.2, 0.25) is 0 Å². The zero-order valence-electron chi connectivity index (χ0n) is 14.6. The van der Waals surface area contributed by atoms with Gasteiger partial charge in [-0.25, -0.2) is 0 Å². The molecule has 1 aliphatic heterocycles. The van der Waals surface area contributed by atoms with Crippen LogP contribution in [-0.4, -0.2) is 39.9 Å². The van der Waals surface area contributed by atoms with E-state index >= 15 is 0 Å². The minimum atomic E-state index is 0.290. The van der Waals surface area contributed by atoms with E-state index in [1.807, 2.05) is 17.9 Å². The number of aryl methyl sites for hydroxylation is 1. The van der Waals surface area contributed by atoms with Gasteiger partial charge in [0.25, 0.3) is 0 Å². The molecule has 2 unspecified atom stereocenters. The van der Waals surface area contributed by atoms with Gasteiger partial charge >= 0.3 is 0 Å². The Hall–Kier alpha value is -0.870. The molecule has 2 rings (SSSR count). The molecular weight excluding hydrogens is 260 g/mol. The van der Waals surface area contributed by atoms with E-state index in [0.717, 1.165) is 25.6 Å². The maximum atomic E-state index is 4.31. The highest BCUT2D eigenvalue weighted by atomic mass is 15.3. The quantitative estimate of drug-likeness (QED) is 0.926. The van der Waals surface area contributed by atoms with Crippen LogP contribution in [0.3, 0.4) is 0 Å². The first-order valence-electron chi connectivity index (χ1n) is 8.20. The second-order valence-electron chi connectivity index (χ2n) is 8.07. The number of rotatable bonds is 4. The van der Waals surface area contributed by atoms with Gasteiger partial charge < -0.3 is 5.32 Å². The lowest BCUT2D eigenvalue weighted by atomic mass is 9.83. The molecule has 1 N–H and O–H groups in total. The maximum absolute atomic E-state index is 4.31. The number of aromatic nitrogens is 2. The van der Waals surface area contributed by atoms with Crippen molar-refractivity contribution in [2.45, 2.75) is 59.7 Å². The van der Waals surface area contributed by atoms with Gasteiger partial charge in [0.15, 0.2) is 0 Å². The summed E-state index contributed by atoms with van der Waals surface area (Å²) in [6, 6.07) is 1.18. The highest BCUT2D eigenvalue weighted by molar-refractivity contribution is 5.05. The number of hydrogen-bond donors (Lipinski definition) is 1. The molecule has 4 heteroatoms. The molecule has 1 aromatic rings. The third-order valence-corrected chi connectivity index (χ3v) is 4.40. The summed E-state index contributed by atoms with van der Waals surface area (Å²) < 4.78 is 1.90. The van der Waals surface area contributed by atoms with Crippen LogP contribution < -0.4 is 5.32 Å². The van der Waals surface area contributed by atoms with Crippen LogP contribution in [0.1, 0.15) is 46.6 Å². The molecule has 1 fully saturated rings. The standard InChI is InChI=1S/C17H32N4/c1-13(2)7-15-12-21(11-14-8-19-20(6)10-14)16(9-18-15)17(3,4)5/h8,10,13,15-16,18H,7,9,11-12H2,1-6H3. The van der Waals surface area contributed by atoms with Gasteiger partial charge in [-0.15, -0.1) is 0 Å². The Balaban J connectivity index is 2.09. The van der Waals surface area contributed by atoms with Crippen molar-refractivity contribution in [3.63, 3.8) is 0 Å². The molecule has 0 bridgehead atoms. The fraction of sp³-hybridized carbons (Fsp3) is 0.824. The van der Waals surface area contributed by atoms with Gasteiger partial charge in [-0.1, -0.05) is 34.6 Å². The molecule has 2 heterocycles. The van der Waals surface area contributed by atoms with Crippen molar-refractivity contribution in [3.05, 3.63) is 18.0 Å². The van der Waals surface area contributed by atoms with E-state index in [0.29, 0.717) is 12.1 Å². The predicted molar refractivity (Wildman–Crippen MR) is 88.1 cm³/mol. The van der Waals surface area contributed by atoms with Crippen molar-refractivity contribution >= 4 is 0 Å². The molecule has 0 spiro atoms. The van der Waals surface area contributed by atoms with Crippen molar-refractivity contribution in [1.82, 2.24) is 20.0 Å². The molecular formula is C17H32N4. The molecule has 0 aromatic carbocycles. The number of piperazine rings is 1. The molecule has 120 valence electrons. The summed E-state index contributed by atoms with van der Waals surface area (Å²) in [6.45, 7) is 14.9. The predicted octanol–water partition coefficient (Wildman–Crippen LogP) is 2.65. The lowest BCUT2D eigenvalue weighted by Crippen LogP contribution is -2.60. The summed E-state index contributed by atoms with van der Waals surface area (Å²) in [5.74, 6) is 0.744. The maximum Gasteiger partial charge on any atom is 0.0534 e. The van der Waals surface area contributed by atoms with Crippen molar-refractivity contribution in [2.24, 2.45) is 18.4 Å². The van der Waals surface area contributed by atoms with Gasteiger partial charge in [0.1, 0.15) is 0 Å². The Morgan fingerprint density at radius 2 is 2.10 bits per heavy atom. The zero-order valence-corrected chi connectivity index (χ0v) is 14.6. The molecule has 0 radical (unpaired) electrons. The molecule has 1 saturated heterocycles. The second kappa shape index (κ2) is 6.49. The van der Waals surface area contributed by atoms with E-state index in [1.165, 1.54) is 12.0 Å². The monoisotopic (exact) mass is 292 g/mol. The Morgan fingerprint density at radius 1 is 1.38 bits per heavy atom. The van der Waals surface area contributed by atoms with Crippen LogP contribution in [0.4, 0.5) is 0 Å². The van der Waals surface area contributed by atoms with E-state index in [9.17, 15) is 0 Å². The summed E-state index contributed by atoms with van der Waals surface area (Å²) in [5.41, 5.74) is 1.61. The van der Waals surface area contributed by atoms with E-state index in [1.54, 1.807) is 0 Å². The Kier molecular flexibility index (Phi) is 5.10. The highest BCUT2D eigenvalue weighted by Gasteiger charge is 2.35. The Morgan fingerprint density at radius 3 is 2.62 bits per heavy atom. The van der Waals surface area contributed by atoms with Gasteiger partial charge in [0.05, 0.1) is 6.20 Å². The Labute approximate surface area is 129 Å². The summed E-state index contributed by atoms with van der Waals surface area (Å²) in [7, 11) is 1.99. The van der Waals surface area contributed by atoms with E-state index in [2.05, 4.69) is 56.1 Å². The van der Waals surface area contributed by atoms with Crippen LogP contribution in [0, 0.1) is 11.3 Å². The van der Waals surface area contributed by atoms with Gasteiger partial charge in [0.2, 0.25) is 0 Å². The summed E-state index contributed by atoms with van der Waals surface area (Å²) in [4.78, 5) is 2.65. The van der Waals surface area contributed by atoms with E-state index in [-0.39, 0.29) is 5.41 Å². The van der Waals surface area contributed by atoms with Crippen LogP contribution in [-0.2, 0) is 13.6 Å². The van der Waals surface area contributed by atoms with Crippen LogP contribution in [0.25, 0.3) is 0 Å². The van der Waals surface area contributed by atoms with E-state index < -0.39 is 0 Å². The average Bonchev–Trinajstić information content (AvgIpc) is 2.72. The van der Waals surface area contributed by atoms with Gasteiger partial charge in [0, 0.05) is 50.5 Å². The number of nitrogens with one attached hydrogen (secondary N) is 1. The third kappa shape index (κ3) is 4.55. The van der Waals surface area contributed by atoms with Crippen LogP contribution in [0.5, 0.6) is 0 Å². The fourth-order valence-electron chi connectivity index (χ4n) is 3.43. The SMILES string of the molecule is CC(C)CC1CN(Cc2cnn(C)c2)C(C(C)(C)C)CN1. The van der Waals surface area contributed by atoms with Crippen LogP contribution in [0.15, 0.2) is 12.4 Å². The molecule has 1 aromatic heterocycles. The molecule has 0 amide bonds. The minimum absolute atomic E-state index is 0.290. The Bertz CT molecular complexity index is 444. The highest BCUT2D eigenvalue weighted by Crippen LogP contribution is 2.28. The number of nitrogens with zero attached hydrogens (tertiary/aromatic N) is 3. The second-order valence-corrected chi connectivity index (χ2v) is 8.07. The molecule has 2 atom stereocenters. The first-order valence-corrected chi connectivity index (χ1v) is 8.20. The smallest absolute Gasteiger partial charge is 0.0534 e. The van der Waals surface area contributed by atoms with Crippen LogP contribution >= 0.6 is 0 Å². The molecule has 0 saturated carbocycles. The van der Waals surface area contributed by atoms with Gasteiger partial charge in [-0.2, -0.15) is 5.10 Å². The summed E-state index contributed by atoms with van der Waals surface area (Å²) in [5, 5.41) is 8.08. The minimum Gasteiger partial charge on any atom is -0.311 e. The lowest BCUT2D eigenvalue weighted by Gasteiger charge is -2.46. The third-order valence-electron chi connectivity index (χ3n) is 4.40. The normalized spacial score (nSPS) is 24.7. The average molecular weight is 292 g/mol.